The Morgan fingerprint density at radius 2 is 2.20 bits per heavy atom. The Balaban J connectivity index is 2.42. The van der Waals surface area contributed by atoms with Gasteiger partial charge in [0.15, 0.2) is 0 Å². The van der Waals surface area contributed by atoms with Crippen LogP contribution in [-0.4, -0.2) is 21.6 Å². The van der Waals surface area contributed by atoms with Gasteiger partial charge in [-0.3, -0.25) is 9.00 Å². The van der Waals surface area contributed by atoms with Crippen LogP contribution in [0.4, 0.5) is 11.4 Å². The molecule has 1 rings (SSSR count). The second-order valence-corrected chi connectivity index (χ2v) is 6.91. The van der Waals surface area contributed by atoms with Crippen LogP contribution in [0.1, 0.15) is 26.7 Å². The molecule has 1 aromatic carbocycles. The number of anilines is 2. The van der Waals surface area contributed by atoms with Crippen LogP contribution in [0.2, 0.25) is 5.02 Å². The third kappa shape index (κ3) is 5.92. The number of amides is 1. The number of hydrogen-bond acceptors (Lipinski definition) is 3. The molecule has 0 aromatic heterocycles. The summed E-state index contributed by atoms with van der Waals surface area (Å²) in [6.45, 7) is 4.13. The Bertz CT molecular complexity index is 494. The van der Waals surface area contributed by atoms with Crippen LogP contribution >= 0.6 is 11.6 Å². The summed E-state index contributed by atoms with van der Waals surface area (Å²) in [4.78, 5) is 11.8. The number of halogens is 1. The van der Waals surface area contributed by atoms with Crippen molar-refractivity contribution in [2.24, 2.45) is 5.92 Å². The number of nitrogens with one attached hydrogen (secondary N) is 1. The van der Waals surface area contributed by atoms with Gasteiger partial charge in [0.1, 0.15) is 0 Å². The first-order chi connectivity index (χ1) is 9.42. The van der Waals surface area contributed by atoms with E-state index in [0.29, 0.717) is 33.8 Å². The molecule has 1 amide bonds. The van der Waals surface area contributed by atoms with Crippen LogP contribution in [-0.2, 0) is 15.6 Å². The van der Waals surface area contributed by atoms with Gasteiger partial charge in [0.25, 0.3) is 0 Å². The number of carbonyl (C=O) groups excluding carboxylic acids is 1. The summed E-state index contributed by atoms with van der Waals surface area (Å²) < 4.78 is 11.8. The molecule has 0 radical (unpaired) electrons. The van der Waals surface area contributed by atoms with Gasteiger partial charge < -0.3 is 11.1 Å². The molecule has 0 saturated heterocycles. The molecule has 1 aromatic rings. The summed E-state index contributed by atoms with van der Waals surface area (Å²) in [7, 11) is -0.951. The van der Waals surface area contributed by atoms with Crippen molar-refractivity contribution in [3.8, 4) is 0 Å². The van der Waals surface area contributed by atoms with Crippen LogP contribution in [0.5, 0.6) is 0 Å². The molecule has 0 aliphatic carbocycles. The van der Waals surface area contributed by atoms with Gasteiger partial charge in [-0.2, -0.15) is 0 Å². The fourth-order valence-corrected chi connectivity index (χ4v) is 3.22. The molecule has 0 aliphatic rings. The molecule has 0 bridgehead atoms. The summed E-state index contributed by atoms with van der Waals surface area (Å²) in [5.41, 5.74) is 6.71. The van der Waals surface area contributed by atoms with E-state index in [4.69, 9.17) is 17.3 Å². The lowest BCUT2D eigenvalue weighted by Gasteiger charge is -2.10. The highest BCUT2D eigenvalue weighted by Gasteiger charge is 2.10. The maximum Gasteiger partial charge on any atom is 0.225 e. The Hall–Kier alpha value is -1.07. The predicted octanol–water partition coefficient (Wildman–Crippen LogP) is 3.05. The van der Waals surface area contributed by atoms with Gasteiger partial charge in [0, 0.05) is 33.7 Å². The summed E-state index contributed by atoms with van der Waals surface area (Å²) in [6, 6.07) is 4.90. The molecule has 0 saturated carbocycles. The molecule has 0 heterocycles. The Kier molecular flexibility index (Phi) is 7.02. The van der Waals surface area contributed by atoms with Gasteiger partial charge >= 0.3 is 0 Å². The maximum atomic E-state index is 11.8. The Labute approximate surface area is 127 Å². The van der Waals surface area contributed by atoms with Crippen LogP contribution < -0.4 is 11.1 Å². The van der Waals surface area contributed by atoms with Crippen molar-refractivity contribution in [2.45, 2.75) is 26.7 Å². The number of carbonyl (C=O) groups is 1. The first-order valence-electron chi connectivity index (χ1n) is 6.62. The average Bonchev–Trinajstić information content (AvgIpc) is 2.39. The average molecular weight is 317 g/mol. The molecule has 0 fully saturated rings. The second kappa shape index (κ2) is 8.27. The summed E-state index contributed by atoms with van der Waals surface area (Å²) in [5, 5.41) is 3.23. The molecule has 2 unspecified atom stereocenters. The van der Waals surface area contributed by atoms with E-state index in [0.717, 1.165) is 6.42 Å². The molecule has 20 heavy (non-hydrogen) atoms. The zero-order chi connectivity index (χ0) is 15.1. The van der Waals surface area contributed by atoms with E-state index in [1.807, 2.05) is 0 Å². The van der Waals surface area contributed by atoms with Gasteiger partial charge in [0.2, 0.25) is 5.91 Å². The number of hydrogen-bond donors (Lipinski definition) is 2. The number of benzene rings is 1. The van der Waals surface area contributed by atoms with E-state index in [9.17, 15) is 9.00 Å². The van der Waals surface area contributed by atoms with E-state index >= 15 is 0 Å². The third-order valence-electron chi connectivity index (χ3n) is 3.01. The minimum absolute atomic E-state index is 0.184. The van der Waals surface area contributed by atoms with E-state index in [-0.39, 0.29) is 12.3 Å². The van der Waals surface area contributed by atoms with Crippen molar-refractivity contribution >= 4 is 39.7 Å². The molecular formula is C14H21ClN2O2S. The van der Waals surface area contributed by atoms with Crippen molar-refractivity contribution in [1.29, 1.82) is 0 Å². The van der Waals surface area contributed by atoms with Gasteiger partial charge in [-0.05, 0) is 24.1 Å². The zero-order valence-electron chi connectivity index (χ0n) is 11.8. The second-order valence-electron chi connectivity index (χ2n) is 4.85. The van der Waals surface area contributed by atoms with Crippen molar-refractivity contribution < 1.29 is 9.00 Å². The number of nitrogens with two attached hydrogens (primary N) is 1. The maximum absolute atomic E-state index is 11.8. The highest BCUT2D eigenvalue weighted by Crippen LogP contribution is 2.22. The standard InChI is InChI=1S/C14H21ClN2O2S/c1-3-10(2)9-20(19)7-6-14(18)17-13-5-4-11(15)8-12(13)16/h4-5,8,10H,3,6-7,9,16H2,1-2H3,(H,17,18). The minimum atomic E-state index is -0.951. The molecule has 2 atom stereocenters. The lowest BCUT2D eigenvalue weighted by Crippen LogP contribution is -2.18. The monoisotopic (exact) mass is 316 g/mol. The minimum Gasteiger partial charge on any atom is -0.397 e. The van der Waals surface area contributed by atoms with Gasteiger partial charge in [0.05, 0.1) is 11.4 Å². The van der Waals surface area contributed by atoms with Crippen molar-refractivity contribution in [3.05, 3.63) is 23.2 Å². The number of rotatable bonds is 7. The third-order valence-corrected chi connectivity index (χ3v) is 4.85. The first kappa shape index (κ1) is 17.0. The van der Waals surface area contributed by atoms with E-state index in [1.165, 1.54) is 0 Å². The zero-order valence-corrected chi connectivity index (χ0v) is 13.4. The van der Waals surface area contributed by atoms with Crippen LogP contribution in [0.3, 0.4) is 0 Å². The lowest BCUT2D eigenvalue weighted by atomic mass is 10.2. The molecule has 6 heteroatoms. The van der Waals surface area contributed by atoms with Crippen LogP contribution in [0.15, 0.2) is 18.2 Å². The van der Waals surface area contributed by atoms with Crippen molar-refractivity contribution in [3.63, 3.8) is 0 Å². The van der Waals surface area contributed by atoms with Crippen molar-refractivity contribution in [1.82, 2.24) is 0 Å². The summed E-state index contributed by atoms with van der Waals surface area (Å²) >= 11 is 5.79. The predicted molar refractivity (Wildman–Crippen MR) is 86.4 cm³/mol. The highest BCUT2D eigenvalue weighted by atomic mass is 35.5. The topological polar surface area (TPSA) is 72.2 Å². The van der Waals surface area contributed by atoms with E-state index in [2.05, 4.69) is 19.2 Å². The highest BCUT2D eigenvalue weighted by molar-refractivity contribution is 7.85. The summed E-state index contributed by atoms with van der Waals surface area (Å²) in [6.07, 6.45) is 1.23. The largest absolute Gasteiger partial charge is 0.397 e. The van der Waals surface area contributed by atoms with Crippen LogP contribution in [0, 0.1) is 5.92 Å². The molecule has 3 N–H and O–H groups in total. The Morgan fingerprint density at radius 1 is 1.50 bits per heavy atom. The van der Waals surface area contributed by atoms with Gasteiger partial charge in [-0.15, -0.1) is 0 Å². The van der Waals surface area contributed by atoms with Crippen molar-refractivity contribution in [2.75, 3.05) is 22.6 Å². The molecule has 112 valence electrons. The first-order valence-corrected chi connectivity index (χ1v) is 8.48. The smallest absolute Gasteiger partial charge is 0.225 e. The SMILES string of the molecule is CCC(C)CS(=O)CCC(=O)Nc1ccc(Cl)cc1N. The summed E-state index contributed by atoms with van der Waals surface area (Å²) in [5.74, 6) is 1.26. The van der Waals surface area contributed by atoms with Gasteiger partial charge in [-0.25, -0.2) is 0 Å². The van der Waals surface area contributed by atoms with Gasteiger partial charge in [-0.1, -0.05) is 31.9 Å². The molecule has 0 aliphatic heterocycles. The van der Waals surface area contributed by atoms with Crippen LogP contribution in [0.25, 0.3) is 0 Å². The van der Waals surface area contributed by atoms with E-state index < -0.39 is 10.8 Å². The Morgan fingerprint density at radius 3 is 2.80 bits per heavy atom. The fraction of sp³-hybridized carbons (Fsp3) is 0.500. The van der Waals surface area contributed by atoms with E-state index in [1.54, 1.807) is 18.2 Å². The molecule has 0 spiro atoms. The quantitative estimate of drug-likeness (QED) is 0.759. The number of nitrogen functional groups attached to an aromatic ring is 1. The fourth-order valence-electron chi connectivity index (χ4n) is 1.59. The molecule has 4 nitrogen and oxygen atoms in total. The lowest BCUT2D eigenvalue weighted by molar-refractivity contribution is -0.115. The molecular weight excluding hydrogens is 296 g/mol. The normalized spacial score (nSPS) is 13.8.